The van der Waals surface area contributed by atoms with Crippen LogP contribution in [0.25, 0.3) is 0 Å². The van der Waals surface area contributed by atoms with Crippen molar-refractivity contribution in [3.8, 4) is 0 Å². The molecule has 0 spiro atoms. The van der Waals surface area contributed by atoms with Crippen molar-refractivity contribution in [3.05, 3.63) is 52.7 Å². The van der Waals surface area contributed by atoms with Crippen LogP contribution in [0.5, 0.6) is 0 Å². The smallest absolute Gasteiger partial charge is 0.216 e. The Labute approximate surface area is 122 Å². The summed E-state index contributed by atoms with van der Waals surface area (Å²) in [6, 6.07) is 11.9. The van der Waals surface area contributed by atoms with Crippen molar-refractivity contribution in [2.24, 2.45) is 0 Å². The Balaban J connectivity index is 2.38. The first-order chi connectivity index (χ1) is 9.51. The second-order valence-corrected chi connectivity index (χ2v) is 7.41. The minimum Gasteiger partial charge on any atom is -0.355 e. The highest BCUT2D eigenvalue weighted by Crippen LogP contribution is 2.31. The lowest BCUT2D eigenvalue weighted by Crippen LogP contribution is -2.29. The number of hydrogen-bond donors (Lipinski definition) is 1. The zero-order valence-corrected chi connectivity index (χ0v) is 12.6. The summed E-state index contributed by atoms with van der Waals surface area (Å²) < 4.78 is 25.4. The highest BCUT2D eigenvalue weighted by atomic mass is 32.2. The van der Waals surface area contributed by atoms with Gasteiger partial charge in [-0.2, -0.15) is 0 Å². The third-order valence-electron chi connectivity index (χ3n) is 2.84. The summed E-state index contributed by atoms with van der Waals surface area (Å²) in [5.41, 5.74) is 0. The van der Waals surface area contributed by atoms with E-state index in [2.05, 4.69) is 5.32 Å². The van der Waals surface area contributed by atoms with Gasteiger partial charge in [-0.1, -0.05) is 24.3 Å². The number of hydrogen-bond acceptors (Lipinski definition) is 4. The SMILES string of the molecule is CC(=O)NC[C@@H](c1cccs1)S(=O)(=O)c1ccccc1. The maximum absolute atomic E-state index is 12.7. The Bertz CT molecular complexity index is 664. The van der Waals surface area contributed by atoms with Crippen LogP contribution in [0.2, 0.25) is 0 Å². The van der Waals surface area contributed by atoms with Crippen LogP contribution in [-0.2, 0) is 14.6 Å². The molecule has 1 aromatic heterocycles. The Hall–Kier alpha value is -1.66. The highest BCUT2D eigenvalue weighted by Gasteiger charge is 2.29. The van der Waals surface area contributed by atoms with Crippen molar-refractivity contribution in [1.29, 1.82) is 0 Å². The number of benzene rings is 1. The van der Waals surface area contributed by atoms with Gasteiger partial charge in [-0.15, -0.1) is 11.3 Å². The van der Waals surface area contributed by atoms with Gasteiger partial charge in [0.1, 0.15) is 5.25 Å². The van der Waals surface area contributed by atoms with Crippen molar-refractivity contribution in [1.82, 2.24) is 5.32 Å². The number of carbonyl (C=O) groups excluding carboxylic acids is 1. The molecule has 1 atom stereocenters. The van der Waals surface area contributed by atoms with Gasteiger partial charge in [0.15, 0.2) is 9.84 Å². The lowest BCUT2D eigenvalue weighted by atomic mass is 10.3. The van der Waals surface area contributed by atoms with Crippen LogP contribution < -0.4 is 5.32 Å². The molecule has 0 fully saturated rings. The molecule has 2 aromatic rings. The third-order valence-corrected chi connectivity index (χ3v) is 6.08. The molecule has 1 amide bonds. The number of thiophene rings is 1. The average molecular weight is 309 g/mol. The van der Waals surface area contributed by atoms with Crippen LogP contribution in [0.3, 0.4) is 0 Å². The predicted molar refractivity (Wildman–Crippen MR) is 79.4 cm³/mol. The number of carbonyl (C=O) groups is 1. The van der Waals surface area contributed by atoms with E-state index in [1.54, 1.807) is 42.5 Å². The fourth-order valence-corrected chi connectivity index (χ4v) is 4.65. The molecule has 0 aliphatic carbocycles. The van der Waals surface area contributed by atoms with Crippen LogP contribution in [0, 0.1) is 0 Å². The monoisotopic (exact) mass is 309 g/mol. The van der Waals surface area contributed by atoms with Crippen LogP contribution in [0.4, 0.5) is 0 Å². The quantitative estimate of drug-likeness (QED) is 0.922. The van der Waals surface area contributed by atoms with Gasteiger partial charge in [0, 0.05) is 18.3 Å². The maximum Gasteiger partial charge on any atom is 0.216 e. The fourth-order valence-electron chi connectivity index (χ4n) is 1.85. The molecule has 0 saturated carbocycles. The van der Waals surface area contributed by atoms with Crippen LogP contribution >= 0.6 is 11.3 Å². The second-order valence-electron chi connectivity index (χ2n) is 4.30. The summed E-state index contributed by atoms with van der Waals surface area (Å²) in [6.45, 7) is 1.45. The molecule has 0 aliphatic rings. The van der Waals surface area contributed by atoms with Gasteiger partial charge in [0.05, 0.1) is 4.90 Å². The molecule has 0 saturated heterocycles. The molecule has 0 unspecified atom stereocenters. The number of rotatable bonds is 5. The molecular weight excluding hydrogens is 294 g/mol. The average Bonchev–Trinajstić information content (AvgIpc) is 2.93. The largest absolute Gasteiger partial charge is 0.355 e. The first kappa shape index (κ1) is 14.7. The third kappa shape index (κ3) is 3.26. The van der Waals surface area contributed by atoms with Gasteiger partial charge in [-0.05, 0) is 23.6 Å². The van der Waals surface area contributed by atoms with E-state index < -0.39 is 15.1 Å². The summed E-state index contributed by atoms with van der Waals surface area (Å²) >= 11 is 1.37. The van der Waals surface area contributed by atoms with Crippen LogP contribution in [0.15, 0.2) is 52.7 Å². The molecule has 20 heavy (non-hydrogen) atoms. The first-order valence-corrected chi connectivity index (χ1v) is 8.51. The highest BCUT2D eigenvalue weighted by molar-refractivity contribution is 7.91. The molecule has 6 heteroatoms. The summed E-state index contributed by atoms with van der Waals surface area (Å²) in [4.78, 5) is 12.1. The van der Waals surface area contributed by atoms with E-state index in [1.165, 1.54) is 18.3 Å². The lowest BCUT2D eigenvalue weighted by Gasteiger charge is -2.16. The van der Waals surface area contributed by atoms with Gasteiger partial charge in [-0.25, -0.2) is 8.42 Å². The van der Waals surface area contributed by atoms with Crippen LogP contribution in [0.1, 0.15) is 17.1 Å². The standard InChI is InChI=1S/C14H15NO3S2/c1-11(16)15-10-14(13-8-5-9-19-13)20(17,18)12-6-3-2-4-7-12/h2-9,14H,10H2,1H3,(H,15,16)/t14-/m0/s1. The molecule has 2 rings (SSSR count). The van der Waals surface area contributed by atoms with Crippen molar-refractivity contribution >= 4 is 27.1 Å². The zero-order valence-electron chi connectivity index (χ0n) is 10.9. The molecule has 0 radical (unpaired) electrons. The number of sulfone groups is 1. The summed E-state index contributed by atoms with van der Waals surface area (Å²) in [7, 11) is -3.52. The molecule has 4 nitrogen and oxygen atoms in total. The van der Waals surface area contributed by atoms with Crippen molar-refractivity contribution in [2.45, 2.75) is 17.1 Å². The predicted octanol–water partition coefficient (Wildman–Crippen LogP) is 2.40. The van der Waals surface area contributed by atoms with Crippen molar-refractivity contribution in [2.75, 3.05) is 6.54 Å². The Morgan fingerprint density at radius 2 is 1.90 bits per heavy atom. The van der Waals surface area contributed by atoms with E-state index in [0.29, 0.717) is 0 Å². The summed E-state index contributed by atoms with van der Waals surface area (Å²) in [6.07, 6.45) is 0. The zero-order chi connectivity index (χ0) is 14.6. The normalized spacial score (nSPS) is 12.8. The Kier molecular flexibility index (Phi) is 4.57. The van der Waals surface area contributed by atoms with E-state index in [0.717, 1.165) is 4.88 Å². The molecule has 1 heterocycles. The molecular formula is C14H15NO3S2. The van der Waals surface area contributed by atoms with Gasteiger partial charge in [0.25, 0.3) is 0 Å². The van der Waals surface area contributed by atoms with Crippen LogP contribution in [-0.4, -0.2) is 20.9 Å². The Morgan fingerprint density at radius 1 is 1.20 bits per heavy atom. The van der Waals surface area contributed by atoms with E-state index in [1.807, 2.05) is 5.38 Å². The fraction of sp³-hybridized carbons (Fsp3) is 0.214. The van der Waals surface area contributed by atoms with E-state index >= 15 is 0 Å². The van der Waals surface area contributed by atoms with E-state index in [-0.39, 0.29) is 17.3 Å². The molecule has 0 aliphatic heterocycles. The minimum atomic E-state index is -3.52. The molecule has 0 bridgehead atoms. The topological polar surface area (TPSA) is 63.2 Å². The van der Waals surface area contributed by atoms with Gasteiger partial charge in [-0.3, -0.25) is 4.79 Å². The number of amides is 1. The van der Waals surface area contributed by atoms with Crippen molar-refractivity contribution in [3.63, 3.8) is 0 Å². The van der Waals surface area contributed by atoms with Crippen molar-refractivity contribution < 1.29 is 13.2 Å². The number of nitrogens with one attached hydrogen (secondary N) is 1. The summed E-state index contributed by atoms with van der Waals surface area (Å²) in [5, 5.41) is 3.67. The lowest BCUT2D eigenvalue weighted by molar-refractivity contribution is -0.118. The van der Waals surface area contributed by atoms with Gasteiger partial charge in [0.2, 0.25) is 5.91 Å². The van der Waals surface area contributed by atoms with E-state index in [4.69, 9.17) is 0 Å². The van der Waals surface area contributed by atoms with Gasteiger partial charge < -0.3 is 5.32 Å². The molecule has 106 valence electrons. The maximum atomic E-state index is 12.7. The minimum absolute atomic E-state index is 0.0765. The Morgan fingerprint density at radius 3 is 2.45 bits per heavy atom. The molecule has 1 N–H and O–H groups in total. The van der Waals surface area contributed by atoms with Gasteiger partial charge >= 0.3 is 0 Å². The van der Waals surface area contributed by atoms with E-state index in [9.17, 15) is 13.2 Å². The second kappa shape index (κ2) is 6.19. The first-order valence-electron chi connectivity index (χ1n) is 6.08. The summed E-state index contributed by atoms with van der Waals surface area (Å²) in [5.74, 6) is -0.241. The molecule has 1 aromatic carbocycles.